The molecule has 4 nitrogen and oxygen atoms in total. The maximum absolute atomic E-state index is 9.95. The molecule has 0 aromatic rings. The Balaban J connectivity index is 2.48. The Bertz CT molecular complexity index is 131. The maximum atomic E-state index is 9.95. The van der Waals surface area contributed by atoms with Gasteiger partial charge in [-0.25, -0.2) is 4.79 Å². The highest BCUT2D eigenvalue weighted by Gasteiger charge is 2.10. The fraction of sp³-hybridized carbons (Fsp3) is 0.250. The van der Waals surface area contributed by atoms with Gasteiger partial charge in [-0.1, -0.05) is 0 Å². The van der Waals surface area contributed by atoms with Gasteiger partial charge in [0.1, 0.15) is 0 Å². The first kappa shape index (κ1) is 5.11. The molecule has 0 radical (unpaired) electrons. The number of nitrogens with zero attached hydrogens (tertiary/aromatic N) is 1. The third-order valence-electron chi connectivity index (χ3n) is 0.739. The lowest BCUT2D eigenvalue weighted by molar-refractivity contribution is -0.0659. The van der Waals surface area contributed by atoms with Gasteiger partial charge in [0.25, 0.3) is 0 Å². The van der Waals surface area contributed by atoms with Crippen LogP contribution in [0.4, 0.5) is 4.79 Å². The summed E-state index contributed by atoms with van der Waals surface area (Å²) in [6, 6.07) is 0. The predicted octanol–water partition coefficient (Wildman–Crippen LogP) is 0.425. The van der Waals surface area contributed by atoms with Gasteiger partial charge in [0.15, 0.2) is 0 Å². The molecular formula is C4H5NO3. The molecule has 0 aromatic heterocycles. The van der Waals surface area contributed by atoms with Gasteiger partial charge in [-0.3, -0.25) is 4.84 Å². The van der Waals surface area contributed by atoms with Gasteiger partial charge in [-0.05, 0) is 6.08 Å². The van der Waals surface area contributed by atoms with Crippen LogP contribution >= 0.6 is 0 Å². The summed E-state index contributed by atoms with van der Waals surface area (Å²) in [5, 5.41) is 8.93. The van der Waals surface area contributed by atoms with Gasteiger partial charge in [-0.2, -0.15) is 5.06 Å². The fourth-order valence-corrected chi connectivity index (χ4v) is 0.424. The second kappa shape index (κ2) is 1.83. The van der Waals surface area contributed by atoms with E-state index in [1.807, 2.05) is 0 Å². The molecule has 1 aliphatic heterocycles. The van der Waals surface area contributed by atoms with E-state index in [-0.39, 0.29) is 0 Å². The minimum Gasteiger partial charge on any atom is -0.463 e. The van der Waals surface area contributed by atoms with Crippen LogP contribution in [0.3, 0.4) is 0 Å². The van der Waals surface area contributed by atoms with Gasteiger partial charge in [0.2, 0.25) is 0 Å². The summed E-state index contributed by atoms with van der Waals surface area (Å²) < 4.78 is 0. The van der Waals surface area contributed by atoms with Crippen LogP contribution in [0.5, 0.6) is 0 Å². The highest BCUT2D eigenvalue weighted by Crippen LogP contribution is 1.99. The Labute approximate surface area is 45.9 Å². The van der Waals surface area contributed by atoms with Crippen LogP contribution < -0.4 is 0 Å². The summed E-state index contributed by atoms with van der Waals surface area (Å²) in [7, 11) is 0. The molecule has 8 heavy (non-hydrogen) atoms. The largest absolute Gasteiger partial charge is 0.463 e. The number of hydroxylamine groups is 2. The minimum atomic E-state index is -1.08. The number of rotatable bonds is 0. The third-order valence-corrected chi connectivity index (χ3v) is 0.739. The van der Waals surface area contributed by atoms with Crippen molar-refractivity contribution in [1.82, 2.24) is 5.06 Å². The summed E-state index contributed by atoms with van der Waals surface area (Å²) in [5.41, 5.74) is 0. The maximum Gasteiger partial charge on any atom is 0.435 e. The molecular weight excluding hydrogens is 110 g/mol. The van der Waals surface area contributed by atoms with Gasteiger partial charge in [0.05, 0.1) is 6.61 Å². The van der Waals surface area contributed by atoms with E-state index < -0.39 is 6.09 Å². The molecule has 1 N–H and O–H groups in total. The monoisotopic (exact) mass is 115 g/mol. The minimum absolute atomic E-state index is 0.353. The van der Waals surface area contributed by atoms with Crippen molar-refractivity contribution >= 4 is 6.09 Å². The average molecular weight is 115 g/mol. The zero-order valence-electron chi connectivity index (χ0n) is 4.07. The number of hydrogen-bond acceptors (Lipinski definition) is 2. The predicted molar refractivity (Wildman–Crippen MR) is 25.0 cm³/mol. The second-order valence-corrected chi connectivity index (χ2v) is 1.29. The van der Waals surface area contributed by atoms with E-state index in [0.717, 1.165) is 5.06 Å². The van der Waals surface area contributed by atoms with Crippen molar-refractivity contribution in [2.45, 2.75) is 0 Å². The molecule has 1 aliphatic rings. The summed E-state index contributed by atoms with van der Waals surface area (Å²) in [5.74, 6) is 0. The van der Waals surface area contributed by atoms with Crippen LogP contribution in [0.1, 0.15) is 0 Å². The number of carboxylic acid groups (broad SMARTS) is 1. The van der Waals surface area contributed by atoms with E-state index in [1.54, 1.807) is 6.08 Å². The van der Waals surface area contributed by atoms with Crippen LogP contribution in [-0.2, 0) is 4.84 Å². The van der Waals surface area contributed by atoms with Crippen molar-refractivity contribution in [3.63, 3.8) is 0 Å². The molecule has 4 heteroatoms. The second-order valence-electron chi connectivity index (χ2n) is 1.29. The molecule has 0 aromatic carbocycles. The summed E-state index contributed by atoms with van der Waals surface area (Å²) >= 11 is 0. The molecule has 0 saturated carbocycles. The number of carbonyl (C=O) groups is 1. The smallest absolute Gasteiger partial charge is 0.435 e. The van der Waals surface area contributed by atoms with Crippen molar-refractivity contribution in [3.05, 3.63) is 12.3 Å². The summed E-state index contributed by atoms with van der Waals surface area (Å²) in [4.78, 5) is 14.5. The van der Waals surface area contributed by atoms with Gasteiger partial charge in [0, 0.05) is 6.20 Å². The zero-order valence-corrected chi connectivity index (χ0v) is 4.07. The molecule has 1 heterocycles. The van der Waals surface area contributed by atoms with E-state index in [1.165, 1.54) is 6.20 Å². The average Bonchev–Trinajstić information content (AvgIpc) is 2.12. The molecule has 1 amide bonds. The van der Waals surface area contributed by atoms with Crippen LogP contribution in [0.25, 0.3) is 0 Å². The normalized spacial score (nSPS) is 17.2. The molecule has 1 rings (SSSR count). The molecule has 0 aliphatic carbocycles. The van der Waals surface area contributed by atoms with E-state index in [2.05, 4.69) is 4.84 Å². The quantitative estimate of drug-likeness (QED) is 0.498. The molecule has 0 unspecified atom stereocenters. The van der Waals surface area contributed by atoms with Crippen molar-refractivity contribution in [1.29, 1.82) is 0 Å². The standard InChI is InChI=1S/C4H5NO3/c6-4(7)5-2-1-3-8-5/h1-2H,3H2,(H,6,7). The first-order valence-electron chi connectivity index (χ1n) is 2.12. The highest BCUT2D eigenvalue weighted by molar-refractivity contribution is 5.65. The van der Waals surface area contributed by atoms with Gasteiger partial charge < -0.3 is 5.11 Å². The van der Waals surface area contributed by atoms with Crippen LogP contribution in [0.15, 0.2) is 12.3 Å². The SMILES string of the molecule is O=C(O)N1C=CCO1. The highest BCUT2D eigenvalue weighted by atomic mass is 16.7. The molecule has 0 spiro atoms. The molecule has 0 fully saturated rings. The van der Waals surface area contributed by atoms with Crippen LogP contribution in [-0.4, -0.2) is 22.9 Å². The van der Waals surface area contributed by atoms with Crippen LogP contribution in [0, 0.1) is 0 Å². The molecule has 0 atom stereocenters. The molecule has 0 saturated heterocycles. The summed E-state index contributed by atoms with van der Waals surface area (Å²) in [6.45, 7) is 0.353. The van der Waals surface area contributed by atoms with E-state index in [9.17, 15) is 4.79 Å². The zero-order chi connectivity index (χ0) is 5.98. The Kier molecular flexibility index (Phi) is 1.17. The Morgan fingerprint density at radius 2 is 2.62 bits per heavy atom. The fourth-order valence-electron chi connectivity index (χ4n) is 0.424. The van der Waals surface area contributed by atoms with Crippen molar-refractivity contribution in [3.8, 4) is 0 Å². The number of hydrogen-bond donors (Lipinski definition) is 1. The third kappa shape index (κ3) is 0.788. The Morgan fingerprint density at radius 3 is 2.88 bits per heavy atom. The van der Waals surface area contributed by atoms with Crippen molar-refractivity contribution < 1.29 is 14.7 Å². The van der Waals surface area contributed by atoms with Gasteiger partial charge in [-0.15, -0.1) is 0 Å². The Hall–Kier alpha value is -1.03. The van der Waals surface area contributed by atoms with Crippen molar-refractivity contribution in [2.24, 2.45) is 0 Å². The lowest BCUT2D eigenvalue weighted by Crippen LogP contribution is -2.19. The van der Waals surface area contributed by atoms with E-state index in [4.69, 9.17) is 5.11 Å². The number of amides is 1. The van der Waals surface area contributed by atoms with Crippen molar-refractivity contribution in [2.75, 3.05) is 6.61 Å². The van der Waals surface area contributed by atoms with Gasteiger partial charge >= 0.3 is 6.09 Å². The first-order chi connectivity index (χ1) is 3.80. The topological polar surface area (TPSA) is 49.8 Å². The van der Waals surface area contributed by atoms with E-state index >= 15 is 0 Å². The lowest BCUT2D eigenvalue weighted by Gasteiger charge is -2.04. The first-order valence-corrected chi connectivity index (χ1v) is 2.12. The lowest BCUT2D eigenvalue weighted by atomic mass is 10.7. The summed E-state index contributed by atoms with van der Waals surface area (Å²) in [6.07, 6.45) is 1.90. The molecule has 44 valence electrons. The van der Waals surface area contributed by atoms with Crippen LogP contribution in [0.2, 0.25) is 0 Å². The Morgan fingerprint density at radius 1 is 1.88 bits per heavy atom. The molecule has 0 bridgehead atoms. The van der Waals surface area contributed by atoms with E-state index in [0.29, 0.717) is 6.61 Å².